The van der Waals surface area contributed by atoms with E-state index in [0.717, 1.165) is 5.56 Å². The molecule has 28 heavy (non-hydrogen) atoms. The van der Waals surface area contributed by atoms with Gasteiger partial charge in [0, 0.05) is 22.9 Å². The number of aryl methyl sites for hydroxylation is 2. The third-order valence-corrected chi connectivity index (χ3v) is 6.77. The lowest BCUT2D eigenvalue weighted by molar-refractivity contribution is -0.133. The van der Waals surface area contributed by atoms with Crippen LogP contribution in [0.5, 0.6) is 0 Å². The van der Waals surface area contributed by atoms with E-state index in [4.69, 9.17) is 11.6 Å². The molecular weight excluding hydrogens is 402 g/mol. The van der Waals surface area contributed by atoms with Crippen molar-refractivity contribution in [3.63, 3.8) is 0 Å². The van der Waals surface area contributed by atoms with Crippen LogP contribution in [-0.2, 0) is 19.6 Å². The molecule has 9 heteroatoms. The highest BCUT2D eigenvalue weighted by molar-refractivity contribution is 7.93. The third-order valence-electron chi connectivity index (χ3n) is 4.49. The molecule has 0 unspecified atom stereocenters. The second-order valence-corrected chi connectivity index (χ2v) is 9.03. The van der Waals surface area contributed by atoms with E-state index in [1.165, 1.54) is 4.31 Å². The molecule has 0 radical (unpaired) electrons. The van der Waals surface area contributed by atoms with Gasteiger partial charge in [0.2, 0.25) is 10.0 Å². The number of halogens is 1. The van der Waals surface area contributed by atoms with Gasteiger partial charge >= 0.3 is 11.8 Å². The number of hydrogen-bond acceptors (Lipinski definition) is 4. The van der Waals surface area contributed by atoms with Crippen LogP contribution in [0, 0.1) is 13.8 Å². The third kappa shape index (κ3) is 4.28. The molecular formula is C19H20ClN3O4S. The minimum atomic E-state index is -3.33. The summed E-state index contributed by atoms with van der Waals surface area (Å²) in [6, 6.07) is 9.90. The van der Waals surface area contributed by atoms with Gasteiger partial charge in [0.15, 0.2) is 0 Å². The van der Waals surface area contributed by atoms with Gasteiger partial charge in [-0.3, -0.25) is 13.9 Å². The molecule has 0 saturated carbocycles. The summed E-state index contributed by atoms with van der Waals surface area (Å²) in [5.74, 6) is -1.61. The van der Waals surface area contributed by atoms with E-state index in [9.17, 15) is 18.0 Å². The van der Waals surface area contributed by atoms with Gasteiger partial charge in [-0.15, -0.1) is 0 Å². The summed E-state index contributed by atoms with van der Waals surface area (Å²) in [5, 5.41) is 5.51. The van der Waals surface area contributed by atoms with Gasteiger partial charge in [-0.05, 0) is 55.7 Å². The number of carbonyl (C=O) groups is 2. The van der Waals surface area contributed by atoms with Crippen LogP contribution in [0.3, 0.4) is 0 Å². The van der Waals surface area contributed by atoms with Gasteiger partial charge in [0.05, 0.1) is 11.4 Å². The van der Waals surface area contributed by atoms with Crippen molar-refractivity contribution >= 4 is 50.5 Å². The summed E-state index contributed by atoms with van der Waals surface area (Å²) >= 11 is 6.02. The van der Waals surface area contributed by atoms with E-state index in [1.807, 2.05) is 6.92 Å². The number of anilines is 3. The quantitative estimate of drug-likeness (QED) is 0.744. The maximum atomic E-state index is 12.3. The molecule has 2 amide bonds. The average Bonchev–Trinajstić information content (AvgIpc) is 2.99. The number of hydrogen-bond donors (Lipinski definition) is 2. The zero-order valence-electron chi connectivity index (χ0n) is 15.5. The SMILES string of the molecule is Cc1ccc(NC(=O)C(=O)Nc2cc(N3CCCS3(=O)=O)ccc2C)cc1Cl. The number of benzene rings is 2. The van der Waals surface area contributed by atoms with Crippen LogP contribution in [-0.4, -0.2) is 32.5 Å². The molecule has 2 aromatic rings. The largest absolute Gasteiger partial charge is 0.318 e. The Bertz CT molecular complexity index is 1050. The van der Waals surface area contributed by atoms with E-state index >= 15 is 0 Å². The topological polar surface area (TPSA) is 95.6 Å². The summed E-state index contributed by atoms with van der Waals surface area (Å²) < 4.78 is 25.5. The fraction of sp³-hybridized carbons (Fsp3) is 0.263. The maximum absolute atomic E-state index is 12.3. The highest BCUT2D eigenvalue weighted by Gasteiger charge is 2.29. The molecule has 0 atom stereocenters. The summed E-state index contributed by atoms with van der Waals surface area (Å²) in [4.78, 5) is 24.5. The molecule has 1 heterocycles. The molecule has 148 valence electrons. The molecule has 0 aliphatic carbocycles. The Kier molecular flexibility index (Phi) is 5.62. The fourth-order valence-corrected chi connectivity index (χ4v) is 4.60. The van der Waals surface area contributed by atoms with Crippen molar-refractivity contribution in [3.05, 3.63) is 52.5 Å². The molecule has 2 N–H and O–H groups in total. The average molecular weight is 422 g/mol. The molecule has 1 fully saturated rings. The predicted molar refractivity (Wildman–Crippen MR) is 110 cm³/mol. The van der Waals surface area contributed by atoms with Gasteiger partial charge < -0.3 is 10.6 Å². The molecule has 0 aromatic heterocycles. The minimum Gasteiger partial charge on any atom is -0.318 e. The predicted octanol–water partition coefficient (Wildman–Crippen LogP) is 3.07. The molecule has 0 spiro atoms. The lowest BCUT2D eigenvalue weighted by Crippen LogP contribution is -2.29. The number of carbonyl (C=O) groups excluding carboxylic acids is 2. The van der Waals surface area contributed by atoms with Crippen LogP contribution < -0.4 is 14.9 Å². The van der Waals surface area contributed by atoms with Crippen LogP contribution in [0.25, 0.3) is 0 Å². The van der Waals surface area contributed by atoms with Crippen LogP contribution in [0.1, 0.15) is 17.5 Å². The van der Waals surface area contributed by atoms with Crippen molar-refractivity contribution in [3.8, 4) is 0 Å². The monoisotopic (exact) mass is 421 g/mol. The van der Waals surface area contributed by atoms with Crippen LogP contribution in [0.2, 0.25) is 5.02 Å². The van der Waals surface area contributed by atoms with E-state index < -0.39 is 21.8 Å². The molecule has 1 aliphatic rings. The van der Waals surface area contributed by atoms with Crippen molar-refractivity contribution < 1.29 is 18.0 Å². The normalized spacial score (nSPS) is 15.3. The fourth-order valence-electron chi connectivity index (χ4n) is 2.87. The number of nitrogens with zero attached hydrogens (tertiary/aromatic N) is 1. The zero-order valence-corrected chi connectivity index (χ0v) is 17.0. The number of amides is 2. The van der Waals surface area contributed by atoms with Crippen molar-refractivity contribution in [1.29, 1.82) is 0 Å². The number of rotatable bonds is 3. The van der Waals surface area contributed by atoms with E-state index in [1.54, 1.807) is 43.3 Å². The van der Waals surface area contributed by atoms with Gasteiger partial charge in [-0.1, -0.05) is 23.7 Å². The summed E-state index contributed by atoms with van der Waals surface area (Å²) in [7, 11) is -3.33. The van der Waals surface area contributed by atoms with Gasteiger partial charge in [0.1, 0.15) is 0 Å². The van der Waals surface area contributed by atoms with Crippen molar-refractivity contribution in [2.75, 3.05) is 27.2 Å². The highest BCUT2D eigenvalue weighted by Crippen LogP contribution is 2.28. The first-order chi connectivity index (χ1) is 13.2. The summed E-state index contributed by atoms with van der Waals surface area (Å²) in [6.45, 7) is 3.99. The van der Waals surface area contributed by atoms with Gasteiger partial charge in [-0.2, -0.15) is 0 Å². The standard InChI is InChI=1S/C19H20ClN3O4S/c1-12-4-6-14(10-16(12)20)21-18(24)19(25)22-17-11-15(7-5-13(17)2)23-8-3-9-28(23,26)27/h4-7,10-11H,3,8-9H2,1-2H3,(H,21,24)(H,22,25). The first-order valence-electron chi connectivity index (χ1n) is 8.67. The first-order valence-corrected chi connectivity index (χ1v) is 10.7. The highest BCUT2D eigenvalue weighted by atomic mass is 35.5. The molecule has 1 aliphatic heterocycles. The van der Waals surface area contributed by atoms with E-state index in [2.05, 4.69) is 10.6 Å². The van der Waals surface area contributed by atoms with E-state index in [0.29, 0.717) is 40.6 Å². The van der Waals surface area contributed by atoms with Crippen molar-refractivity contribution in [2.24, 2.45) is 0 Å². The Hall–Kier alpha value is -2.58. The molecule has 0 bridgehead atoms. The first kappa shape index (κ1) is 20.2. The summed E-state index contributed by atoms with van der Waals surface area (Å²) in [6.07, 6.45) is 0.555. The van der Waals surface area contributed by atoms with Crippen LogP contribution in [0.15, 0.2) is 36.4 Å². The Balaban J connectivity index is 1.75. The lowest BCUT2D eigenvalue weighted by atomic mass is 10.1. The van der Waals surface area contributed by atoms with Gasteiger partial charge in [0.25, 0.3) is 0 Å². The van der Waals surface area contributed by atoms with Gasteiger partial charge in [-0.25, -0.2) is 8.42 Å². The molecule has 1 saturated heterocycles. The Morgan fingerprint density at radius 2 is 1.68 bits per heavy atom. The molecule has 7 nitrogen and oxygen atoms in total. The zero-order chi connectivity index (χ0) is 20.5. The lowest BCUT2D eigenvalue weighted by Gasteiger charge is -2.19. The second kappa shape index (κ2) is 7.81. The van der Waals surface area contributed by atoms with Crippen LogP contribution >= 0.6 is 11.6 Å². The number of sulfonamides is 1. The van der Waals surface area contributed by atoms with Crippen LogP contribution in [0.4, 0.5) is 17.1 Å². The molecule has 2 aromatic carbocycles. The van der Waals surface area contributed by atoms with Crippen molar-refractivity contribution in [1.82, 2.24) is 0 Å². The minimum absolute atomic E-state index is 0.101. The Morgan fingerprint density at radius 1 is 1.00 bits per heavy atom. The Morgan fingerprint density at radius 3 is 2.32 bits per heavy atom. The smallest absolute Gasteiger partial charge is 0.314 e. The Labute approximate surface area is 168 Å². The van der Waals surface area contributed by atoms with Crippen molar-refractivity contribution in [2.45, 2.75) is 20.3 Å². The molecule has 3 rings (SSSR count). The summed E-state index contributed by atoms with van der Waals surface area (Å²) in [5.41, 5.74) is 2.81. The maximum Gasteiger partial charge on any atom is 0.314 e. The number of nitrogens with one attached hydrogen (secondary N) is 2. The second-order valence-electron chi connectivity index (χ2n) is 6.61. The van der Waals surface area contributed by atoms with E-state index in [-0.39, 0.29) is 5.75 Å².